The molecule has 3 aromatic carbocycles. The molecule has 1 N–H and O–H groups in total. The first kappa shape index (κ1) is 23.6. The molecule has 1 unspecified atom stereocenters. The van der Waals surface area contributed by atoms with E-state index in [1.807, 2.05) is 30.3 Å². The summed E-state index contributed by atoms with van der Waals surface area (Å²) < 4.78 is 10.7. The predicted octanol–water partition coefficient (Wildman–Crippen LogP) is 4.31. The zero-order chi connectivity index (χ0) is 24.8. The summed E-state index contributed by atoms with van der Waals surface area (Å²) in [5.41, 5.74) is 2.43. The number of carbonyl (C=O) groups is 2. The van der Waals surface area contributed by atoms with Gasteiger partial charge in [-0.2, -0.15) is 5.26 Å². The average molecular weight is 471 g/mol. The predicted molar refractivity (Wildman–Crippen MR) is 132 cm³/mol. The van der Waals surface area contributed by atoms with Crippen LogP contribution in [0.2, 0.25) is 0 Å². The molecule has 1 aliphatic rings. The summed E-state index contributed by atoms with van der Waals surface area (Å²) in [7, 11) is 3.08. The molecule has 0 aromatic heterocycles. The fraction of sp³-hybridized carbons (Fsp3) is 0.222. The van der Waals surface area contributed by atoms with Gasteiger partial charge in [0.2, 0.25) is 0 Å². The van der Waals surface area contributed by atoms with Crippen LogP contribution in [-0.4, -0.2) is 55.6 Å². The Kier molecular flexibility index (Phi) is 7.17. The third-order valence-corrected chi connectivity index (χ3v) is 5.99. The monoisotopic (exact) mass is 470 g/mol. The van der Waals surface area contributed by atoms with Crippen LogP contribution in [0.15, 0.2) is 72.8 Å². The van der Waals surface area contributed by atoms with Gasteiger partial charge >= 0.3 is 6.03 Å². The number of urea groups is 1. The molecule has 0 aliphatic carbocycles. The van der Waals surface area contributed by atoms with Crippen LogP contribution >= 0.6 is 0 Å². The number of methoxy groups -OCH3 is 2. The lowest BCUT2D eigenvalue weighted by Crippen LogP contribution is -2.53. The van der Waals surface area contributed by atoms with Crippen LogP contribution in [0.25, 0.3) is 0 Å². The number of nitrogens with one attached hydrogen (secondary N) is 1. The summed E-state index contributed by atoms with van der Waals surface area (Å²) >= 11 is 0. The lowest BCUT2D eigenvalue weighted by molar-refractivity contribution is 0.0516. The molecular weight excluding hydrogens is 444 g/mol. The molecule has 0 bridgehead atoms. The molecule has 0 saturated carbocycles. The largest absolute Gasteiger partial charge is 0.493 e. The average Bonchev–Trinajstić information content (AvgIpc) is 2.92. The van der Waals surface area contributed by atoms with Crippen molar-refractivity contribution in [3.05, 3.63) is 89.5 Å². The fourth-order valence-corrected chi connectivity index (χ4v) is 4.18. The second-order valence-corrected chi connectivity index (χ2v) is 8.06. The molecule has 8 heteroatoms. The number of hydrogen-bond acceptors (Lipinski definition) is 5. The van der Waals surface area contributed by atoms with Gasteiger partial charge < -0.3 is 24.6 Å². The highest BCUT2D eigenvalue weighted by Gasteiger charge is 2.34. The number of rotatable bonds is 5. The Balaban J connectivity index is 1.57. The van der Waals surface area contributed by atoms with Gasteiger partial charge in [-0.05, 0) is 42.0 Å². The zero-order valence-corrected chi connectivity index (χ0v) is 19.6. The number of nitrogens with zero attached hydrogens (tertiary/aromatic N) is 3. The van der Waals surface area contributed by atoms with Crippen molar-refractivity contribution in [3.8, 4) is 17.6 Å². The van der Waals surface area contributed by atoms with Crippen molar-refractivity contribution in [1.29, 1.82) is 5.26 Å². The number of hydrogen-bond donors (Lipinski definition) is 1. The number of amides is 3. The van der Waals surface area contributed by atoms with Crippen LogP contribution in [0, 0.1) is 11.3 Å². The highest BCUT2D eigenvalue weighted by atomic mass is 16.5. The first-order valence-corrected chi connectivity index (χ1v) is 11.2. The molecular formula is C27H26N4O4. The van der Waals surface area contributed by atoms with Gasteiger partial charge in [0.05, 0.1) is 31.9 Å². The molecule has 1 heterocycles. The molecule has 1 fully saturated rings. The molecule has 0 spiro atoms. The molecule has 35 heavy (non-hydrogen) atoms. The quantitative estimate of drug-likeness (QED) is 0.600. The number of carbonyl (C=O) groups excluding carboxylic acids is 2. The van der Waals surface area contributed by atoms with Crippen LogP contribution in [-0.2, 0) is 0 Å². The van der Waals surface area contributed by atoms with E-state index in [2.05, 4.69) is 11.4 Å². The number of nitriles is 1. The number of piperazine rings is 1. The summed E-state index contributed by atoms with van der Waals surface area (Å²) in [6.45, 7) is 1.05. The Bertz CT molecular complexity index is 1260. The van der Waals surface area contributed by atoms with Gasteiger partial charge in [-0.1, -0.05) is 36.4 Å². The van der Waals surface area contributed by atoms with Gasteiger partial charge in [0.25, 0.3) is 5.91 Å². The standard InChI is InChI=1S/C27H26N4O4/c1-34-24-12-11-21(16-25(24)35-2)26(32)31-14-13-30(18-23(31)20-8-4-3-5-9-20)27(33)29-22-10-6-7-19(15-22)17-28/h3-12,15-16,23H,13-14,18H2,1-2H3,(H,29,33). The van der Waals surface area contributed by atoms with E-state index < -0.39 is 0 Å². The molecule has 4 rings (SSSR count). The van der Waals surface area contributed by atoms with Gasteiger partial charge in [0.15, 0.2) is 11.5 Å². The van der Waals surface area contributed by atoms with Crippen molar-refractivity contribution in [2.24, 2.45) is 0 Å². The molecule has 1 atom stereocenters. The molecule has 1 aliphatic heterocycles. The summed E-state index contributed by atoms with van der Waals surface area (Å²) in [5, 5.41) is 12.0. The summed E-state index contributed by atoms with van der Waals surface area (Å²) in [5.74, 6) is 0.874. The van der Waals surface area contributed by atoms with E-state index in [0.717, 1.165) is 5.56 Å². The van der Waals surface area contributed by atoms with Crippen molar-refractivity contribution in [2.45, 2.75) is 6.04 Å². The lowest BCUT2D eigenvalue weighted by Gasteiger charge is -2.41. The van der Waals surface area contributed by atoms with E-state index in [4.69, 9.17) is 14.7 Å². The maximum Gasteiger partial charge on any atom is 0.321 e. The molecule has 1 saturated heterocycles. The van der Waals surface area contributed by atoms with Gasteiger partial charge in [0.1, 0.15) is 0 Å². The van der Waals surface area contributed by atoms with Crippen LogP contribution in [0.3, 0.4) is 0 Å². The van der Waals surface area contributed by atoms with E-state index in [1.165, 1.54) is 7.11 Å². The summed E-state index contributed by atoms with van der Waals surface area (Å²) in [4.78, 5) is 30.1. The van der Waals surface area contributed by atoms with Crippen molar-refractivity contribution in [1.82, 2.24) is 9.80 Å². The van der Waals surface area contributed by atoms with Gasteiger partial charge in [-0.3, -0.25) is 4.79 Å². The van der Waals surface area contributed by atoms with Gasteiger partial charge in [-0.25, -0.2) is 4.79 Å². The molecule has 8 nitrogen and oxygen atoms in total. The number of anilines is 1. The van der Waals surface area contributed by atoms with Gasteiger partial charge in [-0.15, -0.1) is 0 Å². The SMILES string of the molecule is COc1ccc(C(=O)N2CCN(C(=O)Nc3cccc(C#N)c3)CC2c2ccccc2)cc1OC. The second kappa shape index (κ2) is 10.6. The molecule has 3 amide bonds. The van der Waals surface area contributed by atoms with Crippen molar-refractivity contribution in [2.75, 3.05) is 39.2 Å². The van der Waals surface area contributed by atoms with E-state index >= 15 is 0 Å². The Morgan fingerprint density at radius 3 is 2.43 bits per heavy atom. The maximum atomic E-state index is 13.6. The van der Waals surface area contributed by atoms with E-state index in [0.29, 0.717) is 47.9 Å². The van der Waals surface area contributed by atoms with Crippen molar-refractivity contribution >= 4 is 17.6 Å². The molecule has 0 radical (unpaired) electrons. The highest BCUT2D eigenvalue weighted by Crippen LogP contribution is 2.31. The van der Waals surface area contributed by atoms with Crippen LogP contribution in [0.1, 0.15) is 27.5 Å². The first-order valence-electron chi connectivity index (χ1n) is 11.2. The maximum absolute atomic E-state index is 13.6. The third-order valence-electron chi connectivity index (χ3n) is 5.99. The minimum Gasteiger partial charge on any atom is -0.493 e. The number of benzene rings is 3. The Morgan fingerprint density at radius 2 is 1.71 bits per heavy atom. The Hall–Kier alpha value is -4.51. The van der Waals surface area contributed by atoms with Crippen LogP contribution < -0.4 is 14.8 Å². The van der Waals surface area contributed by atoms with E-state index in [-0.39, 0.29) is 18.0 Å². The third kappa shape index (κ3) is 5.20. The minimum absolute atomic E-state index is 0.151. The first-order chi connectivity index (χ1) is 17.0. The van der Waals surface area contributed by atoms with Gasteiger partial charge in [0, 0.05) is 30.9 Å². The second-order valence-electron chi connectivity index (χ2n) is 8.06. The molecule has 3 aromatic rings. The number of ether oxygens (including phenoxy) is 2. The topological polar surface area (TPSA) is 94.9 Å². The fourth-order valence-electron chi connectivity index (χ4n) is 4.18. The van der Waals surface area contributed by atoms with Crippen molar-refractivity contribution < 1.29 is 19.1 Å². The van der Waals surface area contributed by atoms with E-state index in [1.54, 1.807) is 59.4 Å². The van der Waals surface area contributed by atoms with Crippen molar-refractivity contribution in [3.63, 3.8) is 0 Å². The van der Waals surface area contributed by atoms with Crippen LogP contribution in [0.4, 0.5) is 10.5 Å². The van der Waals surface area contributed by atoms with Crippen LogP contribution in [0.5, 0.6) is 11.5 Å². The Labute approximate surface area is 204 Å². The normalized spacial score (nSPS) is 15.2. The zero-order valence-electron chi connectivity index (χ0n) is 19.6. The Morgan fingerprint density at radius 1 is 0.943 bits per heavy atom. The lowest BCUT2D eigenvalue weighted by atomic mass is 10.0. The smallest absolute Gasteiger partial charge is 0.321 e. The summed E-state index contributed by atoms with van der Waals surface area (Å²) in [6, 6.07) is 23.0. The highest BCUT2D eigenvalue weighted by molar-refractivity contribution is 5.96. The minimum atomic E-state index is -0.332. The summed E-state index contributed by atoms with van der Waals surface area (Å²) in [6.07, 6.45) is 0. The molecule has 178 valence electrons. The van der Waals surface area contributed by atoms with E-state index in [9.17, 15) is 9.59 Å².